The van der Waals surface area contributed by atoms with Gasteiger partial charge in [-0.25, -0.2) is 0 Å². The minimum Gasteiger partial charge on any atom is -0.496 e. The first-order valence-corrected chi connectivity index (χ1v) is 7.39. The Morgan fingerprint density at radius 1 is 0.917 bits per heavy atom. The average Bonchev–Trinajstić information content (AvgIpc) is 2.96. The monoisotopic (exact) mass is 323 g/mol. The molecule has 122 valence electrons. The number of hydrogen-bond acceptors (Lipinski definition) is 3. The van der Waals surface area contributed by atoms with E-state index < -0.39 is 5.91 Å². The fraction of sp³-hybridized carbons (Fsp3) is 0.111. The Bertz CT molecular complexity index is 915. The number of fused-ring (bicyclic) bond motifs is 1. The molecule has 6 heteroatoms. The number of hydrogen-bond donors (Lipinski definition) is 2. The number of methoxy groups -OCH3 is 1. The summed E-state index contributed by atoms with van der Waals surface area (Å²) >= 11 is 0. The highest BCUT2D eigenvalue weighted by atomic mass is 16.5. The van der Waals surface area contributed by atoms with Gasteiger partial charge in [-0.2, -0.15) is 0 Å². The van der Waals surface area contributed by atoms with E-state index >= 15 is 0 Å². The molecule has 2 N–H and O–H groups in total. The largest absolute Gasteiger partial charge is 0.496 e. The van der Waals surface area contributed by atoms with Gasteiger partial charge in [-0.1, -0.05) is 30.3 Å². The van der Waals surface area contributed by atoms with Gasteiger partial charge in [-0.15, -0.1) is 0 Å². The number of nitrogens with one attached hydrogen (secondary N) is 2. The lowest BCUT2D eigenvalue weighted by Gasteiger charge is -2.09. The summed E-state index contributed by atoms with van der Waals surface area (Å²) in [4.78, 5) is 24.6. The number of amides is 2. The van der Waals surface area contributed by atoms with Crippen molar-refractivity contribution in [1.29, 1.82) is 0 Å². The minimum atomic E-state index is -0.443. The van der Waals surface area contributed by atoms with Crippen LogP contribution < -0.4 is 15.6 Å². The molecule has 0 bridgehead atoms. The Balaban J connectivity index is 1.76. The molecule has 0 aliphatic heterocycles. The molecule has 0 unspecified atom stereocenters. The zero-order chi connectivity index (χ0) is 17.1. The van der Waals surface area contributed by atoms with E-state index in [1.807, 2.05) is 35.9 Å². The SMILES string of the molecule is COc1ccccc1C(=O)NNC(=O)c1cn(C)c2ccccc12. The Hall–Kier alpha value is -3.28. The summed E-state index contributed by atoms with van der Waals surface area (Å²) in [6.07, 6.45) is 1.73. The van der Waals surface area contributed by atoms with Crippen LogP contribution in [0, 0.1) is 0 Å². The fourth-order valence-electron chi connectivity index (χ4n) is 2.60. The maximum absolute atomic E-state index is 12.4. The number of ether oxygens (including phenoxy) is 1. The minimum absolute atomic E-state index is 0.346. The Morgan fingerprint density at radius 3 is 2.29 bits per heavy atom. The van der Waals surface area contributed by atoms with E-state index in [9.17, 15) is 9.59 Å². The number of carbonyl (C=O) groups excluding carboxylic acids is 2. The maximum atomic E-state index is 12.4. The number of hydrazine groups is 1. The third-order valence-corrected chi connectivity index (χ3v) is 3.78. The summed E-state index contributed by atoms with van der Waals surface area (Å²) in [7, 11) is 3.35. The molecule has 0 aliphatic rings. The van der Waals surface area contributed by atoms with Crippen molar-refractivity contribution in [3.8, 4) is 5.75 Å². The summed E-state index contributed by atoms with van der Waals surface area (Å²) < 4.78 is 7.01. The van der Waals surface area contributed by atoms with E-state index in [-0.39, 0.29) is 5.91 Å². The van der Waals surface area contributed by atoms with Crippen molar-refractivity contribution in [2.75, 3.05) is 7.11 Å². The number of nitrogens with zero attached hydrogens (tertiary/aromatic N) is 1. The molecule has 2 aromatic carbocycles. The Kier molecular flexibility index (Phi) is 4.20. The predicted molar refractivity (Wildman–Crippen MR) is 90.8 cm³/mol. The van der Waals surface area contributed by atoms with Crippen LogP contribution in [-0.2, 0) is 7.05 Å². The number of para-hydroxylation sites is 2. The standard InChI is InChI=1S/C18H17N3O3/c1-21-11-14(12-7-3-5-9-15(12)21)18(23)20-19-17(22)13-8-4-6-10-16(13)24-2/h3-11H,1-2H3,(H,19,22)(H,20,23). The maximum Gasteiger partial charge on any atom is 0.273 e. The van der Waals surface area contributed by atoms with Crippen LogP contribution in [0.25, 0.3) is 10.9 Å². The van der Waals surface area contributed by atoms with Crippen LogP contribution in [0.3, 0.4) is 0 Å². The Labute approximate surface area is 139 Å². The van der Waals surface area contributed by atoms with E-state index in [1.165, 1.54) is 7.11 Å². The van der Waals surface area contributed by atoms with Crippen molar-refractivity contribution in [3.63, 3.8) is 0 Å². The first-order valence-electron chi connectivity index (χ1n) is 7.39. The van der Waals surface area contributed by atoms with Gasteiger partial charge >= 0.3 is 0 Å². The van der Waals surface area contributed by atoms with Crippen molar-refractivity contribution in [2.45, 2.75) is 0 Å². The summed E-state index contributed by atoms with van der Waals surface area (Å²) in [6, 6.07) is 14.4. The fourth-order valence-corrected chi connectivity index (χ4v) is 2.60. The summed E-state index contributed by atoms with van der Waals surface area (Å²) in [5, 5.41) is 0.823. The van der Waals surface area contributed by atoms with Gasteiger partial charge in [0.15, 0.2) is 0 Å². The van der Waals surface area contributed by atoms with Crippen molar-refractivity contribution >= 4 is 22.7 Å². The van der Waals surface area contributed by atoms with E-state index in [4.69, 9.17) is 4.74 Å². The number of aromatic nitrogens is 1. The molecular weight excluding hydrogens is 306 g/mol. The highest BCUT2D eigenvalue weighted by molar-refractivity contribution is 6.08. The van der Waals surface area contributed by atoms with Crippen LogP contribution in [0.5, 0.6) is 5.75 Å². The molecule has 0 radical (unpaired) electrons. The molecule has 3 aromatic rings. The third-order valence-electron chi connectivity index (χ3n) is 3.78. The van der Waals surface area contributed by atoms with Crippen molar-refractivity contribution in [1.82, 2.24) is 15.4 Å². The van der Waals surface area contributed by atoms with E-state index in [2.05, 4.69) is 10.9 Å². The Morgan fingerprint density at radius 2 is 1.54 bits per heavy atom. The molecule has 0 spiro atoms. The first kappa shape index (κ1) is 15.6. The van der Waals surface area contributed by atoms with Crippen molar-refractivity contribution in [3.05, 3.63) is 65.9 Å². The molecule has 1 heterocycles. The van der Waals surface area contributed by atoms with Gasteiger partial charge < -0.3 is 9.30 Å². The smallest absolute Gasteiger partial charge is 0.273 e. The number of carbonyl (C=O) groups is 2. The lowest BCUT2D eigenvalue weighted by atomic mass is 10.1. The van der Waals surface area contributed by atoms with Gasteiger partial charge in [0.05, 0.1) is 18.2 Å². The summed E-state index contributed by atoms with van der Waals surface area (Å²) in [6.45, 7) is 0. The number of rotatable bonds is 3. The number of benzene rings is 2. The summed E-state index contributed by atoms with van der Waals surface area (Å²) in [5.41, 5.74) is 6.65. The molecule has 0 atom stereocenters. The summed E-state index contributed by atoms with van der Waals surface area (Å²) in [5.74, 6) is -0.384. The second-order valence-electron chi connectivity index (χ2n) is 5.28. The van der Waals surface area contributed by atoms with Gasteiger partial charge in [0.2, 0.25) is 0 Å². The van der Waals surface area contributed by atoms with E-state index in [0.29, 0.717) is 16.9 Å². The molecule has 3 rings (SSSR count). The van der Waals surface area contributed by atoms with E-state index in [0.717, 1.165) is 10.9 Å². The van der Waals surface area contributed by atoms with E-state index in [1.54, 1.807) is 30.5 Å². The van der Waals surface area contributed by atoms with Crippen molar-refractivity contribution in [2.24, 2.45) is 7.05 Å². The second kappa shape index (κ2) is 6.45. The zero-order valence-corrected chi connectivity index (χ0v) is 13.4. The van der Waals surface area contributed by atoms with Crippen LogP contribution in [0.2, 0.25) is 0 Å². The normalized spacial score (nSPS) is 10.4. The number of aryl methyl sites for hydroxylation is 1. The molecule has 6 nitrogen and oxygen atoms in total. The quantitative estimate of drug-likeness (QED) is 0.726. The zero-order valence-electron chi connectivity index (χ0n) is 13.4. The van der Waals surface area contributed by atoms with Gasteiger partial charge in [0, 0.05) is 24.1 Å². The van der Waals surface area contributed by atoms with Gasteiger partial charge in [-0.05, 0) is 18.2 Å². The van der Waals surface area contributed by atoms with Crippen LogP contribution in [-0.4, -0.2) is 23.5 Å². The molecule has 0 saturated heterocycles. The molecule has 2 amide bonds. The highest BCUT2D eigenvalue weighted by Gasteiger charge is 2.16. The molecule has 0 aliphatic carbocycles. The van der Waals surface area contributed by atoms with Crippen LogP contribution in [0.1, 0.15) is 20.7 Å². The predicted octanol–water partition coefficient (Wildman–Crippen LogP) is 2.26. The van der Waals surface area contributed by atoms with Crippen LogP contribution >= 0.6 is 0 Å². The molecule has 0 saturated carbocycles. The van der Waals surface area contributed by atoms with Gasteiger partial charge in [-0.3, -0.25) is 20.4 Å². The van der Waals surface area contributed by atoms with Crippen LogP contribution in [0.15, 0.2) is 54.7 Å². The topological polar surface area (TPSA) is 72.4 Å². The average molecular weight is 323 g/mol. The van der Waals surface area contributed by atoms with Gasteiger partial charge in [0.25, 0.3) is 11.8 Å². The molecular formula is C18H17N3O3. The second-order valence-corrected chi connectivity index (χ2v) is 5.28. The molecule has 0 fully saturated rings. The first-order chi connectivity index (χ1) is 11.6. The van der Waals surface area contributed by atoms with Crippen molar-refractivity contribution < 1.29 is 14.3 Å². The lowest BCUT2D eigenvalue weighted by molar-refractivity contribution is 0.0845. The molecule has 1 aromatic heterocycles. The van der Waals surface area contributed by atoms with Gasteiger partial charge in [0.1, 0.15) is 5.75 Å². The lowest BCUT2D eigenvalue weighted by Crippen LogP contribution is -2.41. The van der Waals surface area contributed by atoms with Crippen LogP contribution in [0.4, 0.5) is 0 Å². The highest BCUT2D eigenvalue weighted by Crippen LogP contribution is 2.20. The molecule has 24 heavy (non-hydrogen) atoms. The third kappa shape index (κ3) is 2.81.